The molecule has 0 amide bonds. The van der Waals surface area contributed by atoms with Crippen LogP contribution in [0.1, 0.15) is 46.0 Å². The van der Waals surface area contributed by atoms with E-state index in [0.29, 0.717) is 12.1 Å². The minimum atomic E-state index is 0.705. The molecule has 2 heterocycles. The molecule has 3 nitrogen and oxygen atoms in total. The Hall–Kier alpha value is -0.120. The first-order valence-electron chi connectivity index (χ1n) is 7.33. The average Bonchev–Trinajstić information content (AvgIpc) is 2.56. The van der Waals surface area contributed by atoms with Gasteiger partial charge in [-0.2, -0.15) is 0 Å². The highest BCUT2D eigenvalue weighted by Crippen LogP contribution is 2.16. The fraction of sp³-hybridized carbons (Fsp3) is 1.00. The molecule has 17 heavy (non-hydrogen) atoms. The lowest BCUT2D eigenvalue weighted by molar-refractivity contribution is 0.0742. The second-order valence-electron chi connectivity index (χ2n) is 5.81. The van der Waals surface area contributed by atoms with Crippen LogP contribution in [0.2, 0.25) is 0 Å². The van der Waals surface area contributed by atoms with Crippen LogP contribution in [-0.4, -0.2) is 49.3 Å². The van der Waals surface area contributed by atoms with Crippen molar-refractivity contribution in [3.05, 3.63) is 0 Å². The maximum absolute atomic E-state index is 5.41. The molecule has 1 atom stereocenters. The van der Waals surface area contributed by atoms with Gasteiger partial charge in [0.25, 0.3) is 0 Å². The van der Waals surface area contributed by atoms with Crippen LogP contribution in [0, 0.1) is 0 Å². The van der Waals surface area contributed by atoms with Crippen LogP contribution in [0.15, 0.2) is 0 Å². The Kier molecular flexibility index (Phi) is 5.26. The number of ether oxygens (including phenoxy) is 1. The van der Waals surface area contributed by atoms with Crippen molar-refractivity contribution in [2.45, 2.75) is 64.1 Å². The first-order chi connectivity index (χ1) is 8.25. The third-order valence-electron chi connectivity index (χ3n) is 4.19. The molecule has 0 spiro atoms. The van der Waals surface area contributed by atoms with Gasteiger partial charge >= 0.3 is 0 Å². The van der Waals surface area contributed by atoms with Gasteiger partial charge in [-0.25, -0.2) is 0 Å². The topological polar surface area (TPSA) is 24.5 Å². The number of hydrogen-bond acceptors (Lipinski definition) is 3. The summed E-state index contributed by atoms with van der Waals surface area (Å²) in [5, 5.41) is 3.85. The molecule has 1 N–H and O–H groups in total. The molecule has 100 valence electrons. The molecule has 0 aromatic heterocycles. The van der Waals surface area contributed by atoms with Crippen molar-refractivity contribution in [2.75, 3.05) is 26.3 Å². The third kappa shape index (κ3) is 4.23. The van der Waals surface area contributed by atoms with Crippen molar-refractivity contribution in [1.29, 1.82) is 0 Å². The maximum atomic E-state index is 5.41. The largest absolute Gasteiger partial charge is 0.381 e. The Morgan fingerprint density at radius 1 is 1.00 bits per heavy atom. The zero-order valence-electron chi connectivity index (χ0n) is 11.5. The van der Waals surface area contributed by atoms with Crippen molar-refractivity contribution in [2.24, 2.45) is 0 Å². The molecule has 0 saturated carbocycles. The third-order valence-corrected chi connectivity index (χ3v) is 4.19. The van der Waals surface area contributed by atoms with Crippen molar-refractivity contribution >= 4 is 0 Å². The normalized spacial score (nSPS) is 29.5. The molecule has 0 bridgehead atoms. The van der Waals surface area contributed by atoms with Gasteiger partial charge in [-0.3, -0.25) is 0 Å². The Morgan fingerprint density at radius 3 is 2.41 bits per heavy atom. The van der Waals surface area contributed by atoms with Gasteiger partial charge in [-0.15, -0.1) is 0 Å². The number of hydrogen-bond donors (Lipinski definition) is 1. The minimum absolute atomic E-state index is 0.705. The molecule has 1 unspecified atom stereocenters. The Bertz CT molecular complexity index is 214. The van der Waals surface area contributed by atoms with Gasteiger partial charge in [0.2, 0.25) is 0 Å². The summed E-state index contributed by atoms with van der Waals surface area (Å²) in [7, 11) is 0. The van der Waals surface area contributed by atoms with E-state index >= 15 is 0 Å². The lowest BCUT2D eigenvalue weighted by Gasteiger charge is -2.28. The summed E-state index contributed by atoms with van der Waals surface area (Å²) in [5.41, 5.74) is 0. The number of likely N-dealkylation sites (tertiary alicyclic amines) is 1. The van der Waals surface area contributed by atoms with Crippen molar-refractivity contribution < 1.29 is 4.74 Å². The Morgan fingerprint density at radius 2 is 1.71 bits per heavy atom. The van der Waals surface area contributed by atoms with E-state index in [1.807, 2.05) is 0 Å². The van der Waals surface area contributed by atoms with Crippen molar-refractivity contribution in [3.63, 3.8) is 0 Å². The molecule has 2 aliphatic rings. The van der Waals surface area contributed by atoms with Gasteiger partial charge in [0.1, 0.15) is 0 Å². The molecule has 3 heteroatoms. The molecule has 0 aliphatic carbocycles. The second kappa shape index (κ2) is 6.72. The van der Waals surface area contributed by atoms with Gasteiger partial charge in [-0.05, 0) is 59.0 Å². The van der Waals surface area contributed by atoms with E-state index in [9.17, 15) is 0 Å². The summed E-state index contributed by atoms with van der Waals surface area (Å²) in [5.74, 6) is 0. The van der Waals surface area contributed by atoms with Crippen LogP contribution >= 0.6 is 0 Å². The van der Waals surface area contributed by atoms with E-state index in [4.69, 9.17) is 4.74 Å². The molecular formula is C14H28N2O. The summed E-state index contributed by atoms with van der Waals surface area (Å²) >= 11 is 0. The highest BCUT2D eigenvalue weighted by molar-refractivity contribution is 4.80. The first kappa shape index (κ1) is 13.3. The molecular weight excluding hydrogens is 212 g/mol. The second-order valence-corrected chi connectivity index (χ2v) is 5.81. The molecule has 0 radical (unpaired) electrons. The highest BCUT2D eigenvalue weighted by atomic mass is 16.5. The van der Waals surface area contributed by atoms with Crippen molar-refractivity contribution in [1.82, 2.24) is 10.2 Å². The van der Waals surface area contributed by atoms with Gasteiger partial charge in [0, 0.05) is 31.3 Å². The molecule has 2 saturated heterocycles. The summed E-state index contributed by atoms with van der Waals surface area (Å²) < 4.78 is 5.41. The van der Waals surface area contributed by atoms with E-state index in [1.165, 1.54) is 45.2 Å². The number of nitrogens with one attached hydrogen (secondary N) is 1. The smallest absolute Gasteiger partial charge is 0.0480 e. The lowest BCUT2D eigenvalue weighted by atomic mass is 10.0. The maximum Gasteiger partial charge on any atom is 0.0480 e. The quantitative estimate of drug-likeness (QED) is 0.817. The SMILES string of the molecule is CC(C)N1CCCC(NC2CCOCC2)CC1. The summed E-state index contributed by atoms with van der Waals surface area (Å²) in [6.45, 7) is 9.06. The Balaban J connectivity index is 1.74. The molecule has 2 rings (SSSR count). The van der Waals surface area contributed by atoms with Crippen LogP contribution in [0.3, 0.4) is 0 Å². The fourth-order valence-corrected chi connectivity index (χ4v) is 3.00. The van der Waals surface area contributed by atoms with Gasteiger partial charge in [-0.1, -0.05) is 0 Å². The predicted octanol–water partition coefficient (Wildman–Crippen LogP) is 2.02. The van der Waals surface area contributed by atoms with E-state index in [2.05, 4.69) is 24.1 Å². The zero-order chi connectivity index (χ0) is 12.1. The van der Waals surface area contributed by atoms with E-state index in [0.717, 1.165) is 19.3 Å². The van der Waals surface area contributed by atoms with Gasteiger partial charge in [0.15, 0.2) is 0 Å². The zero-order valence-corrected chi connectivity index (χ0v) is 11.5. The first-order valence-corrected chi connectivity index (χ1v) is 7.33. The Labute approximate surface area is 106 Å². The highest BCUT2D eigenvalue weighted by Gasteiger charge is 2.22. The summed E-state index contributed by atoms with van der Waals surface area (Å²) in [4.78, 5) is 2.62. The van der Waals surface area contributed by atoms with E-state index < -0.39 is 0 Å². The van der Waals surface area contributed by atoms with E-state index in [1.54, 1.807) is 0 Å². The van der Waals surface area contributed by atoms with Gasteiger partial charge < -0.3 is 15.0 Å². The standard InChI is InChI=1S/C14H28N2O/c1-12(2)16-8-3-4-13(5-9-16)15-14-6-10-17-11-7-14/h12-15H,3-11H2,1-2H3. The summed E-state index contributed by atoms with van der Waals surface area (Å²) in [6.07, 6.45) is 6.41. The van der Waals surface area contributed by atoms with E-state index in [-0.39, 0.29) is 0 Å². The molecule has 2 aliphatic heterocycles. The van der Waals surface area contributed by atoms with Crippen LogP contribution in [0.25, 0.3) is 0 Å². The van der Waals surface area contributed by atoms with Crippen LogP contribution in [-0.2, 0) is 4.74 Å². The summed E-state index contributed by atoms with van der Waals surface area (Å²) in [6, 6.07) is 2.15. The molecule has 0 aromatic carbocycles. The predicted molar refractivity (Wildman–Crippen MR) is 71.3 cm³/mol. The number of nitrogens with zero attached hydrogens (tertiary/aromatic N) is 1. The fourth-order valence-electron chi connectivity index (χ4n) is 3.00. The molecule has 0 aromatic rings. The van der Waals surface area contributed by atoms with Crippen LogP contribution < -0.4 is 5.32 Å². The van der Waals surface area contributed by atoms with Crippen LogP contribution in [0.4, 0.5) is 0 Å². The average molecular weight is 240 g/mol. The van der Waals surface area contributed by atoms with Gasteiger partial charge in [0.05, 0.1) is 0 Å². The minimum Gasteiger partial charge on any atom is -0.381 e. The monoisotopic (exact) mass is 240 g/mol. The number of rotatable bonds is 3. The lowest BCUT2D eigenvalue weighted by Crippen LogP contribution is -2.42. The molecule has 2 fully saturated rings. The van der Waals surface area contributed by atoms with Crippen molar-refractivity contribution in [3.8, 4) is 0 Å². The van der Waals surface area contributed by atoms with Crippen LogP contribution in [0.5, 0.6) is 0 Å².